The predicted molar refractivity (Wildman–Crippen MR) is 226 cm³/mol. The Labute approximate surface area is 320 Å². The van der Waals surface area contributed by atoms with Gasteiger partial charge >= 0.3 is 7.12 Å². The van der Waals surface area contributed by atoms with Crippen molar-refractivity contribution in [3.8, 4) is 11.1 Å². The molecule has 0 N–H and O–H groups in total. The van der Waals surface area contributed by atoms with Crippen molar-refractivity contribution in [3.63, 3.8) is 0 Å². The Morgan fingerprint density at radius 1 is 0.426 bits per heavy atom. The third-order valence-electron chi connectivity index (χ3n) is 12.9. The summed E-state index contributed by atoms with van der Waals surface area (Å²) in [6, 6.07) is 66.2. The van der Waals surface area contributed by atoms with Crippen LogP contribution < -0.4 is 26.2 Å². The van der Waals surface area contributed by atoms with Crippen LogP contribution in [-0.4, -0.2) is 26.4 Å². The molecule has 0 aromatic heterocycles. The maximum Gasteiger partial charge on any atom is 0.495 e. The molecule has 0 radical (unpaired) electrons. The first-order chi connectivity index (χ1) is 26.3. The van der Waals surface area contributed by atoms with Gasteiger partial charge in [0.15, 0.2) is 8.07 Å². The minimum absolute atomic E-state index is 0.0132. The Morgan fingerprint density at radius 3 is 1.52 bits per heavy atom. The van der Waals surface area contributed by atoms with E-state index in [0.717, 1.165) is 5.46 Å². The third kappa shape index (κ3) is 4.80. The van der Waals surface area contributed by atoms with Crippen molar-refractivity contribution >= 4 is 41.4 Å². The molecule has 0 amide bonds. The molecule has 54 heavy (non-hydrogen) atoms. The van der Waals surface area contributed by atoms with Crippen LogP contribution in [0.25, 0.3) is 11.1 Å². The lowest BCUT2D eigenvalue weighted by molar-refractivity contribution is 0.00578. The molecule has 0 spiro atoms. The number of benzene rings is 7. The van der Waals surface area contributed by atoms with E-state index in [-0.39, 0.29) is 11.8 Å². The van der Waals surface area contributed by atoms with Gasteiger partial charge in [-0.05, 0) is 98.4 Å². The summed E-state index contributed by atoms with van der Waals surface area (Å²) in [6.07, 6.45) is 0. The average molecular weight is 715 g/mol. The van der Waals surface area contributed by atoms with Gasteiger partial charge in [0.05, 0.1) is 11.2 Å². The van der Waals surface area contributed by atoms with E-state index in [2.05, 4.69) is 204 Å². The minimum atomic E-state index is -2.98. The lowest BCUT2D eigenvalue weighted by atomic mass is 9.57. The fourth-order valence-corrected chi connectivity index (χ4v) is 14.8. The summed E-state index contributed by atoms with van der Waals surface area (Å²) >= 11 is 0. The number of hydrogen-bond donors (Lipinski definition) is 0. The molecule has 2 bridgehead atoms. The second-order valence-electron chi connectivity index (χ2n) is 16.2. The van der Waals surface area contributed by atoms with E-state index in [1.165, 1.54) is 65.3 Å². The highest BCUT2D eigenvalue weighted by Crippen LogP contribution is 2.55. The lowest BCUT2D eigenvalue weighted by Crippen LogP contribution is -2.75. The first kappa shape index (κ1) is 33.3. The van der Waals surface area contributed by atoms with Crippen LogP contribution >= 0.6 is 0 Å². The highest BCUT2D eigenvalue weighted by atomic mass is 28.3. The molecule has 2 unspecified atom stereocenters. The largest absolute Gasteiger partial charge is 0.495 e. The quantitative estimate of drug-likeness (QED) is 0.128. The summed E-state index contributed by atoms with van der Waals surface area (Å²) < 4.78 is 13.7. The fraction of sp³-hybridized carbons (Fsp3) is 0.160. The summed E-state index contributed by atoms with van der Waals surface area (Å²) in [5.41, 5.74) is 11.1. The van der Waals surface area contributed by atoms with Crippen LogP contribution in [-0.2, 0) is 9.31 Å². The van der Waals surface area contributed by atoms with Gasteiger partial charge in [0.25, 0.3) is 0 Å². The maximum atomic E-state index is 6.85. The van der Waals surface area contributed by atoms with Gasteiger partial charge in [-0.3, -0.25) is 0 Å². The van der Waals surface area contributed by atoms with Crippen LogP contribution in [0.2, 0.25) is 0 Å². The molecule has 1 fully saturated rings. The van der Waals surface area contributed by atoms with Gasteiger partial charge in [0, 0.05) is 11.8 Å². The van der Waals surface area contributed by atoms with Gasteiger partial charge < -0.3 is 9.31 Å². The van der Waals surface area contributed by atoms with Crippen molar-refractivity contribution < 1.29 is 9.31 Å². The molecule has 1 heterocycles. The van der Waals surface area contributed by atoms with Crippen molar-refractivity contribution in [1.82, 2.24) is 0 Å². The molecule has 7 aromatic rings. The van der Waals surface area contributed by atoms with Gasteiger partial charge in [-0.25, -0.2) is 0 Å². The Kier molecular flexibility index (Phi) is 7.65. The van der Waals surface area contributed by atoms with E-state index < -0.39 is 26.4 Å². The third-order valence-corrected chi connectivity index (χ3v) is 17.7. The lowest BCUT2D eigenvalue weighted by Gasteiger charge is -2.47. The van der Waals surface area contributed by atoms with Crippen molar-refractivity contribution in [2.75, 3.05) is 0 Å². The van der Waals surface area contributed by atoms with Crippen LogP contribution in [0.3, 0.4) is 0 Å². The fourth-order valence-electron chi connectivity index (χ4n) is 9.75. The zero-order valence-corrected chi connectivity index (χ0v) is 32.3. The SMILES string of the molecule is CC1(C)OB(c2cccc3c2C2c4ccccc4C3c3cccc([Si](c4ccccc4)(c4ccccc4)c4cccc(-c5ccccc5)c4)c32)OC1(C)C. The molecule has 262 valence electrons. The highest BCUT2D eigenvalue weighted by molar-refractivity contribution is 7.20. The molecule has 11 rings (SSSR count). The van der Waals surface area contributed by atoms with Gasteiger partial charge in [0.1, 0.15) is 0 Å². The topological polar surface area (TPSA) is 18.5 Å². The Hall–Kier alpha value is -5.26. The normalized spacial score (nSPS) is 18.9. The van der Waals surface area contributed by atoms with Crippen LogP contribution in [0.4, 0.5) is 0 Å². The summed E-state index contributed by atoms with van der Waals surface area (Å²) in [4.78, 5) is 0. The molecule has 1 saturated heterocycles. The van der Waals surface area contributed by atoms with Crippen LogP contribution in [0.5, 0.6) is 0 Å². The van der Waals surface area contributed by atoms with Crippen molar-refractivity contribution in [2.24, 2.45) is 0 Å². The second-order valence-corrected chi connectivity index (χ2v) is 19.9. The molecule has 2 atom stereocenters. The van der Waals surface area contributed by atoms with E-state index in [1.54, 1.807) is 0 Å². The van der Waals surface area contributed by atoms with Crippen molar-refractivity contribution in [1.29, 1.82) is 0 Å². The number of hydrogen-bond acceptors (Lipinski definition) is 2. The second kappa shape index (κ2) is 12.4. The summed E-state index contributed by atoms with van der Waals surface area (Å²) in [7, 11) is -3.44. The highest BCUT2D eigenvalue weighted by Gasteiger charge is 2.55. The first-order valence-corrected chi connectivity index (χ1v) is 21.3. The zero-order chi connectivity index (χ0) is 36.7. The Morgan fingerprint density at radius 2 is 0.889 bits per heavy atom. The van der Waals surface area contributed by atoms with Gasteiger partial charge in [-0.1, -0.05) is 176 Å². The van der Waals surface area contributed by atoms with E-state index in [0.29, 0.717) is 0 Å². The molecule has 4 heteroatoms. The maximum absolute atomic E-state index is 6.85. The molecule has 7 aromatic carbocycles. The molecular formula is C50H43BO2Si. The average Bonchev–Trinajstić information content (AvgIpc) is 3.44. The number of rotatable bonds is 6. The first-order valence-electron chi connectivity index (χ1n) is 19.3. The van der Waals surface area contributed by atoms with Crippen LogP contribution in [0.1, 0.15) is 72.9 Å². The summed E-state index contributed by atoms with van der Waals surface area (Å²) in [6.45, 7) is 8.61. The van der Waals surface area contributed by atoms with Gasteiger partial charge in [0.2, 0.25) is 0 Å². The molecular weight excluding hydrogens is 671 g/mol. The monoisotopic (exact) mass is 714 g/mol. The van der Waals surface area contributed by atoms with E-state index in [4.69, 9.17) is 9.31 Å². The Balaban J connectivity index is 1.30. The van der Waals surface area contributed by atoms with Gasteiger partial charge in [-0.2, -0.15) is 0 Å². The summed E-state index contributed by atoms with van der Waals surface area (Å²) in [5, 5.41) is 5.58. The molecule has 4 aliphatic rings. The standard InChI is InChI=1S/C50H43BO2Si/c1-49(2)50(3,4)53-51(52-49)43-31-17-29-41-45-39-27-14-15-28-40(39)48(46(41)43)47-42(45)30-18-32-44(47)54(36-22-10-6-11-23-36,37-24-12-7-13-25-37)38-26-16-21-35(33-38)34-19-8-5-9-20-34/h5-33,45,48H,1-4H3. The molecule has 0 saturated carbocycles. The van der Waals surface area contributed by atoms with E-state index in [9.17, 15) is 0 Å². The zero-order valence-electron chi connectivity index (χ0n) is 31.3. The summed E-state index contributed by atoms with van der Waals surface area (Å²) in [5.74, 6) is 0.117. The smallest absolute Gasteiger partial charge is 0.399 e. The minimum Gasteiger partial charge on any atom is -0.399 e. The van der Waals surface area contributed by atoms with E-state index in [1.807, 2.05) is 0 Å². The predicted octanol–water partition coefficient (Wildman–Crippen LogP) is 8.02. The van der Waals surface area contributed by atoms with E-state index >= 15 is 0 Å². The Bertz CT molecular complexity index is 2470. The van der Waals surface area contributed by atoms with Gasteiger partial charge in [-0.15, -0.1) is 0 Å². The van der Waals surface area contributed by atoms with Crippen LogP contribution in [0.15, 0.2) is 176 Å². The molecule has 3 aliphatic carbocycles. The molecule has 1 aliphatic heterocycles. The van der Waals surface area contributed by atoms with Crippen molar-refractivity contribution in [2.45, 2.75) is 50.7 Å². The van der Waals surface area contributed by atoms with Crippen LogP contribution in [0, 0.1) is 0 Å². The molecule has 2 nitrogen and oxygen atoms in total. The van der Waals surface area contributed by atoms with Crippen molar-refractivity contribution in [3.05, 3.63) is 209 Å².